The summed E-state index contributed by atoms with van der Waals surface area (Å²) < 4.78 is 0. The number of carbonyl (C=O) groups excluding carboxylic acids is 1. The van der Waals surface area contributed by atoms with Crippen LogP contribution in [0.4, 0.5) is 0 Å². The molecule has 0 fully saturated rings. The Balaban J connectivity index is 2.41. The monoisotopic (exact) mass is 211 g/mol. The van der Waals surface area contributed by atoms with Crippen molar-refractivity contribution in [1.82, 2.24) is 0 Å². The molecule has 2 nitrogen and oxygen atoms in total. The topological polar surface area (TPSA) is 40.9 Å². The molecule has 1 aromatic rings. The number of carbonyl (C=O) groups is 1. The molecule has 0 bridgehead atoms. The van der Waals surface area contributed by atoms with Crippen molar-refractivity contribution in [3.05, 3.63) is 41.5 Å². The number of hydrogen-bond acceptors (Lipinski definition) is 2. The van der Waals surface area contributed by atoms with E-state index < -0.39 is 0 Å². The van der Waals surface area contributed by atoms with E-state index in [1.807, 2.05) is 31.2 Å². The van der Waals surface area contributed by atoms with Gasteiger partial charge in [0.25, 0.3) is 0 Å². The molecular weight excluding hydrogens is 198 g/mol. The highest BCUT2D eigenvalue weighted by atomic mass is 16.1. The highest BCUT2D eigenvalue weighted by Gasteiger charge is 2.22. The summed E-state index contributed by atoms with van der Waals surface area (Å²) in [4.78, 5) is 11.4. The SMILES string of the molecule is Cc1ccc(C2=CC(=O)CCC2C#N)cc1. The van der Waals surface area contributed by atoms with E-state index in [1.165, 1.54) is 5.56 Å². The summed E-state index contributed by atoms with van der Waals surface area (Å²) in [5.41, 5.74) is 3.05. The number of nitrogens with zero attached hydrogens (tertiary/aromatic N) is 1. The van der Waals surface area contributed by atoms with Crippen molar-refractivity contribution in [3.8, 4) is 6.07 Å². The molecule has 1 aromatic carbocycles. The van der Waals surface area contributed by atoms with Gasteiger partial charge in [0, 0.05) is 6.42 Å². The number of rotatable bonds is 1. The maximum Gasteiger partial charge on any atom is 0.156 e. The van der Waals surface area contributed by atoms with Crippen LogP contribution in [-0.2, 0) is 4.79 Å². The lowest BCUT2D eigenvalue weighted by Crippen LogP contribution is -2.11. The molecule has 2 rings (SSSR count). The van der Waals surface area contributed by atoms with Gasteiger partial charge in [0.15, 0.2) is 5.78 Å². The van der Waals surface area contributed by atoms with Gasteiger partial charge in [-0.3, -0.25) is 4.79 Å². The predicted octanol–water partition coefficient (Wildman–Crippen LogP) is 2.88. The first-order valence-electron chi connectivity index (χ1n) is 5.42. The Hall–Kier alpha value is -1.88. The minimum Gasteiger partial charge on any atom is -0.295 e. The lowest BCUT2D eigenvalue weighted by molar-refractivity contribution is -0.115. The Bertz CT molecular complexity index is 476. The summed E-state index contributed by atoms with van der Waals surface area (Å²) >= 11 is 0. The molecule has 0 heterocycles. The molecule has 0 amide bonds. The second kappa shape index (κ2) is 4.32. The zero-order chi connectivity index (χ0) is 11.5. The van der Waals surface area contributed by atoms with E-state index in [2.05, 4.69) is 6.07 Å². The number of ketones is 1. The van der Waals surface area contributed by atoms with Crippen molar-refractivity contribution in [1.29, 1.82) is 5.26 Å². The van der Waals surface area contributed by atoms with Crippen LogP contribution in [0.25, 0.3) is 5.57 Å². The average molecular weight is 211 g/mol. The van der Waals surface area contributed by atoms with Crippen LogP contribution < -0.4 is 0 Å². The highest BCUT2D eigenvalue weighted by molar-refractivity contribution is 5.99. The lowest BCUT2D eigenvalue weighted by Gasteiger charge is -2.17. The lowest BCUT2D eigenvalue weighted by atomic mass is 9.84. The fourth-order valence-electron chi connectivity index (χ4n) is 1.95. The summed E-state index contributed by atoms with van der Waals surface area (Å²) in [7, 11) is 0. The smallest absolute Gasteiger partial charge is 0.156 e. The molecule has 0 saturated carbocycles. The van der Waals surface area contributed by atoms with Crippen LogP contribution in [0.15, 0.2) is 30.3 Å². The van der Waals surface area contributed by atoms with Crippen LogP contribution in [-0.4, -0.2) is 5.78 Å². The van der Waals surface area contributed by atoms with Crippen LogP contribution in [0.2, 0.25) is 0 Å². The largest absolute Gasteiger partial charge is 0.295 e. The Labute approximate surface area is 95.2 Å². The summed E-state index contributed by atoms with van der Waals surface area (Å²) in [6.45, 7) is 2.02. The Morgan fingerprint density at radius 2 is 2.00 bits per heavy atom. The molecule has 0 N–H and O–H groups in total. The molecule has 0 aromatic heterocycles. The molecule has 1 atom stereocenters. The van der Waals surface area contributed by atoms with E-state index in [0.29, 0.717) is 12.8 Å². The van der Waals surface area contributed by atoms with Crippen LogP contribution in [0.1, 0.15) is 24.0 Å². The Morgan fingerprint density at radius 3 is 2.62 bits per heavy atom. The molecule has 0 saturated heterocycles. The van der Waals surface area contributed by atoms with E-state index in [4.69, 9.17) is 5.26 Å². The van der Waals surface area contributed by atoms with E-state index in [9.17, 15) is 4.79 Å². The number of hydrogen-bond donors (Lipinski definition) is 0. The number of aryl methyl sites for hydroxylation is 1. The third-order valence-corrected chi connectivity index (χ3v) is 2.91. The normalized spacial score (nSPS) is 20.1. The summed E-state index contributed by atoms with van der Waals surface area (Å²) in [6.07, 6.45) is 2.77. The molecule has 0 aliphatic heterocycles. The predicted molar refractivity (Wildman–Crippen MR) is 62.5 cm³/mol. The number of allylic oxidation sites excluding steroid dienone is 2. The van der Waals surface area contributed by atoms with E-state index in [-0.39, 0.29) is 11.7 Å². The maximum absolute atomic E-state index is 11.4. The molecular formula is C14H13NO. The molecule has 80 valence electrons. The molecule has 0 spiro atoms. The standard InChI is InChI=1S/C14H13NO/c1-10-2-4-11(5-3-10)14-8-13(16)7-6-12(14)9-15/h2-5,8,12H,6-7H2,1H3. The van der Waals surface area contributed by atoms with Gasteiger partial charge in [-0.25, -0.2) is 0 Å². The van der Waals surface area contributed by atoms with Gasteiger partial charge in [-0.1, -0.05) is 29.8 Å². The van der Waals surface area contributed by atoms with Gasteiger partial charge in [-0.2, -0.15) is 5.26 Å². The molecule has 1 unspecified atom stereocenters. The van der Waals surface area contributed by atoms with Crippen molar-refractivity contribution in [3.63, 3.8) is 0 Å². The quantitative estimate of drug-likeness (QED) is 0.716. The van der Waals surface area contributed by atoms with E-state index in [0.717, 1.165) is 11.1 Å². The van der Waals surface area contributed by atoms with Crippen molar-refractivity contribution in [2.75, 3.05) is 0 Å². The summed E-state index contributed by atoms with van der Waals surface area (Å²) in [5.74, 6) is -0.0116. The average Bonchev–Trinajstić information content (AvgIpc) is 2.30. The van der Waals surface area contributed by atoms with Crippen molar-refractivity contribution >= 4 is 11.4 Å². The fourth-order valence-corrected chi connectivity index (χ4v) is 1.95. The number of benzene rings is 1. The first kappa shape index (κ1) is 10.6. The van der Waals surface area contributed by atoms with Crippen LogP contribution >= 0.6 is 0 Å². The van der Waals surface area contributed by atoms with Gasteiger partial charge < -0.3 is 0 Å². The maximum atomic E-state index is 11.4. The number of nitriles is 1. The summed E-state index contributed by atoms with van der Waals surface area (Å²) in [6, 6.07) is 10.2. The van der Waals surface area contributed by atoms with Crippen molar-refractivity contribution in [2.24, 2.45) is 5.92 Å². The van der Waals surface area contributed by atoms with Gasteiger partial charge >= 0.3 is 0 Å². The molecule has 2 heteroatoms. The van der Waals surface area contributed by atoms with Gasteiger partial charge in [0.2, 0.25) is 0 Å². The second-order valence-corrected chi connectivity index (χ2v) is 4.15. The van der Waals surface area contributed by atoms with Crippen LogP contribution in [0, 0.1) is 24.2 Å². The fraction of sp³-hybridized carbons (Fsp3) is 0.286. The second-order valence-electron chi connectivity index (χ2n) is 4.15. The first-order valence-corrected chi connectivity index (χ1v) is 5.42. The van der Waals surface area contributed by atoms with Crippen LogP contribution in [0.5, 0.6) is 0 Å². The molecule has 1 aliphatic rings. The van der Waals surface area contributed by atoms with Gasteiger partial charge in [-0.15, -0.1) is 0 Å². The minimum atomic E-state index is -0.139. The van der Waals surface area contributed by atoms with E-state index in [1.54, 1.807) is 6.08 Å². The van der Waals surface area contributed by atoms with Gasteiger partial charge in [0.05, 0.1) is 12.0 Å². The van der Waals surface area contributed by atoms with Crippen molar-refractivity contribution < 1.29 is 4.79 Å². The van der Waals surface area contributed by atoms with Crippen molar-refractivity contribution in [2.45, 2.75) is 19.8 Å². The third kappa shape index (κ3) is 2.04. The Morgan fingerprint density at radius 1 is 1.31 bits per heavy atom. The zero-order valence-electron chi connectivity index (χ0n) is 9.23. The third-order valence-electron chi connectivity index (χ3n) is 2.91. The summed E-state index contributed by atoms with van der Waals surface area (Å²) in [5, 5.41) is 9.06. The van der Waals surface area contributed by atoms with Gasteiger partial charge in [-0.05, 0) is 30.6 Å². The zero-order valence-corrected chi connectivity index (χ0v) is 9.23. The molecule has 16 heavy (non-hydrogen) atoms. The van der Waals surface area contributed by atoms with Crippen LogP contribution in [0.3, 0.4) is 0 Å². The Kier molecular flexibility index (Phi) is 2.87. The minimum absolute atomic E-state index is 0.127. The highest BCUT2D eigenvalue weighted by Crippen LogP contribution is 2.30. The molecule has 1 aliphatic carbocycles. The van der Waals surface area contributed by atoms with Gasteiger partial charge in [0.1, 0.15) is 0 Å². The first-order chi connectivity index (χ1) is 7.70. The van der Waals surface area contributed by atoms with E-state index >= 15 is 0 Å². The molecule has 0 radical (unpaired) electrons.